The number of aromatic nitrogens is 4. The summed E-state index contributed by atoms with van der Waals surface area (Å²) in [6, 6.07) is 8.33. The zero-order valence-corrected chi connectivity index (χ0v) is 11.3. The van der Waals surface area contributed by atoms with E-state index in [0.717, 1.165) is 11.4 Å². The van der Waals surface area contributed by atoms with Crippen LogP contribution in [0.1, 0.15) is 25.3 Å². The number of hydrogen-bond donors (Lipinski definition) is 0. The van der Waals surface area contributed by atoms with Crippen molar-refractivity contribution < 1.29 is 0 Å². The Bertz CT molecular complexity index is 679. The fraction of sp³-hybridized carbons (Fsp3) is 0.267. The summed E-state index contributed by atoms with van der Waals surface area (Å²) in [5.41, 5.74) is 5.03. The van der Waals surface area contributed by atoms with Gasteiger partial charge in [-0.2, -0.15) is 0 Å². The summed E-state index contributed by atoms with van der Waals surface area (Å²) in [5.74, 6) is 1.13. The molecule has 0 radical (unpaired) electrons. The van der Waals surface area contributed by atoms with Crippen LogP contribution >= 0.6 is 0 Å². The maximum absolute atomic E-state index is 4.12. The molecule has 0 aliphatic heterocycles. The molecule has 1 aliphatic carbocycles. The highest BCUT2D eigenvalue weighted by Gasteiger charge is 2.21. The second-order valence-electron chi connectivity index (χ2n) is 4.99. The second-order valence-corrected chi connectivity index (χ2v) is 4.99. The van der Waals surface area contributed by atoms with E-state index in [-0.39, 0.29) is 0 Å². The minimum Gasteiger partial charge on any atom is -0.229 e. The number of nitrogens with zero attached hydrogens (tertiary/aromatic N) is 4. The first kappa shape index (κ1) is 11.8. The molecular formula is C15H16N4. The molecule has 4 heteroatoms. The summed E-state index contributed by atoms with van der Waals surface area (Å²) in [6.45, 7) is 4.30. The largest absolute Gasteiger partial charge is 0.229 e. The van der Waals surface area contributed by atoms with Gasteiger partial charge in [-0.1, -0.05) is 47.6 Å². The lowest BCUT2D eigenvalue weighted by molar-refractivity contribution is 0.714. The predicted molar refractivity (Wildman–Crippen MR) is 74.5 cm³/mol. The van der Waals surface area contributed by atoms with Gasteiger partial charge in [0.1, 0.15) is 0 Å². The van der Waals surface area contributed by atoms with Crippen LogP contribution in [0.2, 0.25) is 0 Å². The van der Waals surface area contributed by atoms with Crippen LogP contribution in [-0.4, -0.2) is 20.2 Å². The van der Waals surface area contributed by atoms with Crippen molar-refractivity contribution in [3.8, 4) is 11.4 Å². The lowest BCUT2D eigenvalue weighted by atomic mass is 9.90. The molecule has 0 amide bonds. The van der Waals surface area contributed by atoms with Crippen LogP contribution in [-0.2, 0) is 7.05 Å². The van der Waals surface area contributed by atoms with E-state index in [1.54, 1.807) is 4.68 Å². The monoisotopic (exact) mass is 252 g/mol. The molecule has 1 atom stereocenters. The van der Waals surface area contributed by atoms with E-state index in [0.29, 0.717) is 5.92 Å². The van der Waals surface area contributed by atoms with Gasteiger partial charge in [-0.05, 0) is 29.8 Å². The summed E-state index contributed by atoms with van der Waals surface area (Å²) in [4.78, 5) is 0. The molecule has 3 rings (SSSR count). The number of aryl methyl sites for hydroxylation is 1. The lowest BCUT2D eigenvalue weighted by Crippen LogP contribution is -2.01. The van der Waals surface area contributed by atoms with Crippen LogP contribution in [0.15, 0.2) is 47.6 Å². The van der Waals surface area contributed by atoms with E-state index in [2.05, 4.69) is 59.7 Å². The van der Waals surface area contributed by atoms with Crippen molar-refractivity contribution in [3.05, 3.63) is 53.1 Å². The SMILES string of the molecule is CC1=CC(c2ccccc2-c2nnnn2C)C(C)=C1. The molecule has 4 nitrogen and oxygen atoms in total. The van der Waals surface area contributed by atoms with E-state index >= 15 is 0 Å². The Labute approximate surface area is 112 Å². The normalized spacial score (nSPS) is 18.4. The molecule has 1 aromatic heterocycles. The molecule has 1 heterocycles. The summed E-state index contributed by atoms with van der Waals surface area (Å²) >= 11 is 0. The van der Waals surface area contributed by atoms with Crippen molar-refractivity contribution in [2.45, 2.75) is 19.8 Å². The Morgan fingerprint density at radius 3 is 2.58 bits per heavy atom. The first-order valence-corrected chi connectivity index (χ1v) is 6.35. The summed E-state index contributed by atoms with van der Waals surface area (Å²) in [6.07, 6.45) is 4.52. The Morgan fingerprint density at radius 1 is 1.16 bits per heavy atom. The molecule has 0 saturated carbocycles. The highest BCUT2D eigenvalue weighted by Crippen LogP contribution is 2.37. The van der Waals surface area contributed by atoms with Crippen LogP contribution in [0, 0.1) is 0 Å². The first-order chi connectivity index (χ1) is 9.16. The number of allylic oxidation sites excluding steroid dienone is 4. The minimum atomic E-state index is 0.327. The molecular weight excluding hydrogens is 236 g/mol. The Hall–Kier alpha value is -2.23. The number of benzene rings is 1. The molecule has 1 unspecified atom stereocenters. The highest BCUT2D eigenvalue weighted by atomic mass is 15.5. The van der Waals surface area contributed by atoms with Gasteiger partial charge in [0.15, 0.2) is 5.82 Å². The number of tetrazole rings is 1. The van der Waals surface area contributed by atoms with Crippen molar-refractivity contribution in [1.82, 2.24) is 20.2 Å². The molecule has 2 aromatic rings. The molecule has 0 spiro atoms. The number of rotatable bonds is 2. The van der Waals surface area contributed by atoms with Crippen LogP contribution in [0.3, 0.4) is 0 Å². The third kappa shape index (κ3) is 1.99. The molecule has 1 aromatic carbocycles. The maximum atomic E-state index is 4.12. The van der Waals surface area contributed by atoms with E-state index in [1.165, 1.54) is 16.7 Å². The summed E-state index contributed by atoms with van der Waals surface area (Å²) < 4.78 is 1.71. The van der Waals surface area contributed by atoms with Crippen molar-refractivity contribution in [3.63, 3.8) is 0 Å². The predicted octanol–water partition coefficient (Wildman–Crippen LogP) is 2.87. The van der Waals surface area contributed by atoms with Gasteiger partial charge in [-0.15, -0.1) is 5.10 Å². The Kier molecular flexibility index (Phi) is 2.78. The quantitative estimate of drug-likeness (QED) is 0.825. The van der Waals surface area contributed by atoms with Crippen LogP contribution in [0.5, 0.6) is 0 Å². The van der Waals surface area contributed by atoms with Crippen molar-refractivity contribution in [1.29, 1.82) is 0 Å². The standard InChI is InChI=1S/C15H16N4/c1-10-8-11(2)14(9-10)12-6-4-5-7-13(12)15-16-17-18-19(15)3/h4-9,14H,1-3H3. The fourth-order valence-corrected chi connectivity index (χ4v) is 2.66. The zero-order chi connectivity index (χ0) is 13.4. The Balaban J connectivity index is 2.14. The van der Waals surface area contributed by atoms with Gasteiger partial charge in [0.2, 0.25) is 0 Å². The van der Waals surface area contributed by atoms with Crippen molar-refractivity contribution >= 4 is 0 Å². The number of hydrogen-bond acceptors (Lipinski definition) is 3. The topological polar surface area (TPSA) is 43.6 Å². The third-order valence-corrected chi connectivity index (χ3v) is 3.53. The van der Waals surface area contributed by atoms with Gasteiger partial charge >= 0.3 is 0 Å². The average molecular weight is 252 g/mol. The van der Waals surface area contributed by atoms with Gasteiger partial charge in [0.05, 0.1) is 0 Å². The molecule has 1 aliphatic rings. The minimum absolute atomic E-state index is 0.327. The van der Waals surface area contributed by atoms with E-state index < -0.39 is 0 Å². The molecule has 0 N–H and O–H groups in total. The highest BCUT2D eigenvalue weighted by molar-refractivity contribution is 5.64. The molecule has 96 valence electrons. The van der Waals surface area contributed by atoms with Gasteiger partial charge in [-0.25, -0.2) is 4.68 Å². The molecule has 0 fully saturated rings. The smallest absolute Gasteiger partial charge is 0.182 e. The van der Waals surface area contributed by atoms with Gasteiger partial charge in [0.25, 0.3) is 0 Å². The lowest BCUT2D eigenvalue weighted by Gasteiger charge is -2.15. The van der Waals surface area contributed by atoms with E-state index in [1.807, 2.05) is 13.1 Å². The van der Waals surface area contributed by atoms with Crippen LogP contribution in [0.4, 0.5) is 0 Å². The molecule has 19 heavy (non-hydrogen) atoms. The van der Waals surface area contributed by atoms with Gasteiger partial charge in [-0.3, -0.25) is 0 Å². The van der Waals surface area contributed by atoms with E-state index in [4.69, 9.17) is 0 Å². The fourth-order valence-electron chi connectivity index (χ4n) is 2.66. The van der Waals surface area contributed by atoms with Crippen molar-refractivity contribution in [2.24, 2.45) is 7.05 Å². The maximum Gasteiger partial charge on any atom is 0.182 e. The van der Waals surface area contributed by atoms with Gasteiger partial charge < -0.3 is 0 Å². The Morgan fingerprint density at radius 2 is 1.95 bits per heavy atom. The van der Waals surface area contributed by atoms with Crippen LogP contribution in [0.25, 0.3) is 11.4 Å². The van der Waals surface area contributed by atoms with Crippen molar-refractivity contribution in [2.75, 3.05) is 0 Å². The second kappa shape index (κ2) is 4.46. The average Bonchev–Trinajstić information content (AvgIpc) is 2.95. The molecule has 0 saturated heterocycles. The summed E-state index contributed by atoms with van der Waals surface area (Å²) in [5, 5.41) is 11.8. The first-order valence-electron chi connectivity index (χ1n) is 6.35. The van der Waals surface area contributed by atoms with E-state index in [9.17, 15) is 0 Å². The zero-order valence-electron chi connectivity index (χ0n) is 11.3. The van der Waals surface area contributed by atoms with Crippen LogP contribution < -0.4 is 0 Å². The van der Waals surface area contributed by atoms with Gasteiger partial charge in [0, 0.05) is 18.5 Å². The summed E-state index contributed by atoms with van der Waals surface area (Å²) in [7, 11) is 1.87. The third-order valence-electron chi connectivity index (χ3n) is 3.53. The molecule has 0 bridgehead atoms.